The Bertz CT molecular complexity index is 740. The van der Waals surface area contributed by atoms with Gasteiger partial charge in [0, 0.05) is 18.2 Å². The second kappa shape index (κ2) is 9.06. The van der Waals surface area contributed by atoms with Crippen LogP contribution in [0.1, 0.15) is 37.5 Å². The number of carbonyl (C=O) groups is 1. The van der Waals surface area contributed by atoms with Gasteiger partial charge in [0.15, 0.2) is 0 Å². The number of amides is 1. The zero-order chi connectivity index (χ0) is 19.2. The van der Waals surface area contributed by atoms with Crippen molar-refractivity contribution in [2.24, 2.45) is 0 Å². The quantitative estimate of drug-likeness (QED) is 0.788. The summed E-state index contributed by atoms with van der Waals surface area (Å²) in [7, 11) is 0. The van der Waals surface area contributed by atoms with E-state index in [2.05, 4.69) is 0 Å². The third-order valence-corrected chi connectivity index (χ3v) is 4.10. The van der Waals surface area contributed by atoms with Crippen LogP contribution in [0.3, 0.4) is 0 Å². The van der Waals surface area contributed by atoms with Gasteiger partial charge in [-0.1, -0.05) is 54.1 Å². The predicted octanol–water partition coefficient (Wildman–Crippen LogP) is 4.81. The molecule has 0 atom stereocenters. The number of nitrogens with zero attached hydrogens (tertiary/aromatic N) is 1. The molecule has 26 heavy (non-hydrogen) atoms. The minimum atomic E-state index is -0.575. The Hall–Kier alpha value is -2.04. The minimum Gasteiger partial charge on any atom is -0.444 e. The molecule has 0 unspecified atom stereocenters. The van der Waals surface area contributed by atoms with Crippen LogP contribution in [0.15, 0.2) is 48.5 Å². The van der Waals surface area contributed by atoms with Gasteiger partial charge in [0.1, 0.15) is 5.60 Å². The Balaban J connectivity index is 2.23. The van der Waals surface area contributed by atoms with Crippen molar-refractivity contribution in [2.45, 2.75) is 45.9 Å². The lowest BCUT2D eigenvalue weighted by Crippen LogP contribution is -2.36. The highest BCUT2D eigenvalue weighted by atomic mass is 35.5. The summed E-state index contributed by atoms with van der Waals surface area (Å²) in [5.41, 5.74) is 2.31. The largest absolute Gasteiger partial charge is 0.444 e. The molecule has 0 bridgehead atoms. The maximum absolute atomic E-state index is 12.7. The topological polar surface area (TPSA) is 49.8 Å². The Morgan fingerprint density at radius 1 is 1.08 bits per heavy atom. The molecule has 0 heterocycles. The molecule has 1 amide bonds. The standard InChI is InChI=1S/C21H26ClNO3/c1-21(2,3)26-20(25)23(15-18-9-4-5-10-19(18)22)14-17-8-6-7-16(13-17)11-12-24/h4-10,13,24H,11-12,14-15H2,1-3H3. The fraction of sp³-hybridized carbons (Fsp3) is 0.381. The SMILES string of the molecule is CC(C)(C)OC(=O)N(Cc1cccc(CCO)c1)Cc1ccccc1Cl. The average molecular weight is 376 g/mol. The van der Waals surface area contributed by atoms with E-state index in [1.807, 2.05) is 69.3 Å². The zero-order valence-corrected chi connectivity index (χ0v) is 16.3. The smallest absolute Gasteiger partial charge is 0.410 e. The molecule has 0 fully saturated rings. The van der Waals surface area contributed by atoms with Crippen LogP contribution in [0.25, 0.3) is 0 Å². The van der Waals surface area contributed by atoms with E-state index in [1.54, 1.807) is 4.90 Å². The Labute approximate surface area is 160 Å². The molecule has 2 aromatic carbocycles. The first-order valence-electron chi connectivity index (χ1n) is 8.68. The highest BCUT2D eigenvalue weighted by Gasteiger charge is 2.23. The van der Waals surface area contributed by atoms with Crippen LogP contribution in [0, 0.1) is 0 Å². The van der Waals surface area contributed by atoms with Crippen LogP contribution in [0.4, 0.5) is 4.79 Å². The van der Waals surface area contributed by atoms with Gasteiger partial charge in [-0.15, -0.1) is 0 Å². The molecule has 5 heteroatoms. The van der Waals surface area contributed by atoms with E-state index in [0.717, 1.165) is 16.7 Å². The molecule has 0 saturated carbocycles. The number of carbonyl (C=O) groups excluding carboxylic acids is 1. The van der Waals surface area contributed by atoms with E-state index in [1.165, 1.54) is 0 Å². The van der Waals surface area contributed by atoms with Crippen molar-refractivity contribution >= 4 is 17.7 Å². The van der Waals surface area contributed by atoms with Gasteiger partial charge >= 0.3 is 6.09 Å². The first-order chi connectivity index (χ1) is 12.3. The third-order valence-electron chi connectivity index (χ3n) is 3.74. The Morgan fingerprint density at radius 2 is 1.77 bits per heavy atom. The normalized spacial score (nSPS) is 11.3. The van der Waals surface area contributed by atoms with Crippen LogP contribution < -0.4 is 0 Å². The lowest BCUT2D eigenvalue weighted by molar-refractivity contribution is 0.0216. The molecule has 0 aliphatic carbocycles. The van der Waals surface area contributed by atoms with Crippen molar-refractivity contribution in [3.8, 4) is 0 Å². The summed E-state index contributed by atoms with van der Waals surface area (Å²) < 4.78 is 5.57. The summed E-state index contributed by atoms with van der Waals surface area (Å²) >= 11 is 6.27. The molecular formula is C21H26ClNO3. The average Bonchev–Trinajstić information content (AvgIpc) is 2.55. The van der Waals surface area contributed by atoms with Gasteiger partial charge in [0.25, 0.3) is 0 Å². The number of aliphatic hydroxyl groups is 1. The summed E-state index contributed by atoms with van der Waals surface area (Å²) in [4.78, 5) is 14.4. The van der Waals surface area contributed by atoms with Gasteiger partial charge in [0.2, 0.25) is 0 Å². The van der Waals surface area contributed by atoms with Gasteiger partial charge < -0.3 is 9.84 Å². The van der Waals surface area contributed by atoms with Gasteiger partial charge in [-0.2, -0.15) is 0 Å². The molecule has 2 rings (SSSR count). The van der Waals surface area contributed by atoms with Gasteiger partial charge in [-0.05, 0) is 49.9 Å². The molecule has 140 valence electrons. The van der Waals surface area contributed by atoms with E-state index < -0.39 is 5.60 Å². The minimum absolute atomic E-state index is 0.0961. The number of hydrogen-bond acceptors (Lipinski definition) is 3. The second-order valence-electron chi connectivity index (χ2n) is 7.22. The molecule has 0 aromatic heterocycles. The summed E-state index contributed by atoms with van der Waals surface area (Å²) in [6.45, 7) is 6.40. The van der Waals surface area contributed by atoms with Crippen molar-refractivity contribution in [1.82, 2.24) is 4.90 Å². The Morgan fingerprint density at radius 3 is 2.42 bits per heavy atom. The lowest BCUT2D eigenvalue weighted by Gasteiger charge is -2.28. The molecule has 4 nitrogen and oxygen atoms in total. The third kappa shape index (κ3) is 6.36. The number of halogens is 1. The molecule has 2 aromatic rings. The molecular weight excluding hydrogens is 350 g/mol. The van der Waals surface area contributed by atoms with Crippen LogP contribution in [-0.4, -0.2) is 28.3 Å². The summed E-state index contributed by atoms with van der Waals surface area (Å²) in [6.07, 6.45) is 0.204. The summed E-state index contributed by atoms with van der Waals surface area (Å²) in [6, 6.07) is 15.3. The predicted molar refractivity (Wildman–Crippen MR) is 104 cm³/mol. The summed E-state index contributed by atoms with van der Waals surface area (Å²) in [5.74, 6) is 0. The van der Waals surface area contributed by atoms with E-state index in [-0.39, 0.29) is 12.7 Å². The van der Waals surface area contributed by atoms with Crippen molar-refractivity contribution in [1.29, 1.82) is 0 Å². The lowest BCUT2D eigenvalue weighted by atomic mass is 10.1. The maximum Gasteiger partial charge on any atom is 0.410 e. The second-order valence-corrected chi connectivity index (χ2v) is 7.63. The van der Waals surface area contributed by atoms with Crippen molar-refractivity contribution in [3.05, 3.63) is 70.2 Å². The monoisotopic (exact) mass is 375 g/mol. The van der Waals surface area contributed by atoms with E-state index >= 15 is 0 Å². The van der Waals surface area contributed by atoms with Crippen LogP contribution >= 0.6 is 11.6 Å². The van der Waals surface area contributed by atoms with Gasteiger partial charge in [-0.25, -0.2) is 4.79 Å². The number of ether oxygens (including phenoxy) is 1. The first-order valence-corrected chi connectivity index (χ1v) is 9.06. The van der Waals surface area contributed by atoms with Crippen molar-refractivity contribution in [2.75, 3.05) is 6.61 Å². The van der Waals surface area contributed by atoms with Gasteiger partial charge in [-0.3, -0.25) is 4.90 Å². The van der Waals surface area contributed by atoms with Crippen molar-refractivity contribution < 1.29 is 14.6 Å². The van der Waals surface area contributed by atoms with Crippen LogP contribution in [-0.2, 0) is 24.2 Å². The zero-order valence-electron chi connectivity index (χ0n) is 15.5. The number of aliphatic hydroxyl groups excluding tert-OH is 1. The van der Waals surface area contributed by atoms with Crippen LogP contribution in [0.2, 0.25) is 5.02 Å². The fourth-order valence-corrected chi connectivity index (χ4v) is 2.77. The molecule has 1 N–H and O–H groups in total. The molecule has 0 saturated heterocycles. The van der Waals surface area contributed by atoms with Crippen LogP contribution in [0.5, 0.6) is 0 Å². The van der Waals surface area contributed by atoms with E-state index in [4.69, 9.17) is 21.4 Å². The molecule has 0 spiro atoms. The Kier molecular flexibility index (Phi) is 7.06. The maximum atomic E-state index is 12.7. The highest BCUT2D eigenvalue weighted by molar-refractivity contribution is 6.31. The molecule has 0 aliphatic rings. The number of hydrogen-bond donors (Lipinski definition) is 1. The molecule has 0 aliphatic heterocycles. The number of benzene rings is 2. The highest BCUT2D eigenvalue weighted by Crippen LogP contribution is 2.21. The van der Waals surface area contributed by atoms with E-state index in [9.17, 15) is 4.79 Å². The first kappa shape index (κ1) is 20.3. The van der Waals surface area contributed by atoms with Crippen molar-refractivity contribution in [3.63, 3.8) is 0 Å². The van der Waals surface area contributed by atoms with E-state index in [0.29, 0.717) is 24.5 Å². The van der Waals surface area contributed by atoms with Gasteiger partial charge in [0.05, 0.1) is 6.54 Å². The summed E-state index contributed by atoms with van der Waals surface area (Å²) in [5, 5.41) is 9.75. The number of rotatable bonds is 6. The molecule has 0 radical (unpaired) electrons. The fourth-order valence-electron chi connectivity index (χ4n) is 2.58.